The lowest BCUT2D eigenvalue weighted by Gasteiger charge is -2.21. The van der Waals surface area contributed by atoms with Gasteiger partial charge in [-0.05, 0) is 30.5 Å². The van der Waals surface area contributed by atoms with Crippen LogP contribution in [0.4, 0.5) is 0 Å². The van der Waals surface area contributed by atoms with Crippen LogP contribution in [-0.2, 0) is 4.79 Å². The number of hydrogen-bond donors (Lipinski definition) is 1. The molecule has 166 valence electrons. The first kappa shape index (κ1) is 22.7. The molecule has 0 bridgehead atoms. The molecule has 0 saturated carbocycles. The molecule has 1 N–H and O–H groups in total. The Kier molecular flexibility index (Phi) is 7.21. The minimum atomic E-state index is -0.353. The molecule has 0 spiro atoms. The maximum atomic E-state index is 13.3. The van der Waals surface area contributed by atoms with Gasteiger partial charge in [-0.1, -0.05) is 38.1 Å². The summed E-state index contributed by atoms with van der Waals surface area (Å²) in [7, 11) is 3.21. The van der Waals surface area contributed by atoms with E-state index in [9.17, 15) is 9.59 Å². The number of carbonyl (C=O) groups is 2. The van der Waals surface area contributed by atoms with Crippen molar-refractivity contribution in [3.05, 3.63) is 59.2 Å². The fourth-order valence-corrected chi connectivity index (χ4v) is 4.09. The normalized spacial score (nSPS) is 18.2. The molecule has 2 amide bonds. The number of ether oxygens (including phenoxy) is 2. The fourth-order valence-electron chi connectivity index (χ4n) is 4.09. The van der Waals surface area contributed by atoms with E-state index in [0.29, 0.717) is 42.6 Å². The summed E-state index contributed by atoms with van der Waals surface area (Å²) in [6.07, 6.45) is 0. The number of amides is 2. The van der Waals surface area contributed by atoms with E-state index >= 15 is 0 Å². The van der Waals surface area contributed by atoms with Crippen molar-refractivity contribution in [3.8, 4) is 11.5 Å². The van der Waals surface area contributed by atoms with Gasteiger partial charge in [0.15, 0.2) is 0 Å². The summed E-state index contributed by atoms with van der Waals surface area (Å²) in [6.45, 7) is 7.49. The molecule has 1 aliphatic rings. The Labute approximate surface area is 184 Å². The van der Waals surface area contributed by atoms with Gasteiger partial charge in [0.25, 0.3) is 5.91 Å². The van der Waals surface area contributed by atoms with Gasteiger partial charge in [-0.3, -0.25) is 9.59 Å². The van der Waals surface area contributed by atoms with Crippen LogP contribution in [0.5, 0.6) is 11.5 Å². The minimum Gasteiger partial charge on any atom is -0.497 e. The third kappa shape index (κ3) is 5.01. The molecule has 1 heterocycles. The van der Waals surface area contributed by atoms with E-state index in [4.69, 9.17) is 9.47 Å². The van der Waals surface area contributed by atoms with Crippen LogP contribution in [0.3, 0.4) is 0 Å². The molecule has 0 aliphatic carbocycles. The first-order valence-corrected chi connectivity index (χ1v) is 10.7. The zero-order valence-electron chi connectivity index (χ0n) is 19.0. The zero-order valence-corrected chi connectivity index (χ0v) is 19.0. The second kappa shape index (κ2) is 9.86. The molecule has 2 aromatic rings. The smallest absolute Gasteiger partial charge is 0.254 e. The predicted octanol–water partition coefficient (Wildman–Crippen LogP) is 3.64. The van der Waals surface area contributed by atoms with Crippen LogP contribution in [0, 0.1) is 18.8 Å². The quantitative estimate of drug-likeness (QED) is 0.737. The van der Waals surface area contributed by atoms with Crippen LogP contribution in [0.2, 0.25) is 0 Å². The summed E-state index contributed by atoms with van der Waals surface area (Å²) in [4.78, 5) is 28.2. The van der Waals surface area contributed by atoms with E-state index in [1.165, 1.54) is 0 Å². The SMILES string of the molecule is COc1ccc([C@H]2CN(C(=O)c3ccccc3C)C[C@H]2C(=O)NCC(C)C)c(OC)c1. The average Bonchev–Trinajstić information content (AvgIpc) is 3.22. The third-order valence-electron chi connectivity index (χ3n) is 5.84. The van der Waals surface area contributed by atoms with Gasteiger partial charge in [-0.25, -0.2) is 0 Å². The van der Waals surface area contributed by atoms with Gasteiger partial charge in [0.1, 0.15) is 11.5 Å². The number of methoxy groups -OCH3 is 2. The molecule has 6 heteroatoms. The van der Waals surface area contributed by atoms with Crippen molar-refractivity contribution in [2.45, 2.75) is 26.7 Å². The number of rotatable bonds is 7. The highest BCUT2D eigenvalue weighted by Gasteiger charge is 2.42. The van der Waals surface area contributed by atoms with E-state index in [0.717, 1.165) is 11.1 Å². The summed E-state index contributed by atoms with van der Waals surface area (Å²) in [5.74, 6) is 1.11. The first-order valence-electron chi connectivity index (χ1n) is 10.7. The number of hydrogen-bond acceptors (Lipinski definition) is 4. The molecule has 1 aliphatic heterocycles. The van der Waals surface area contributed by atoms with Gasteiger partial charge in [0.05, 0.1) is 20.1 Å². The highest BCUT2D eigenvalue weighted by molar-refractivity contribution is 5.96. The van der Waals surface area contributed by atoms with Crippen LogP contribution in [0.1, 0.15) is 41.3 Å². The van der Waals surface area contributed by atoms with E-state index in [1.54, 1.807) is 19.1 Å². The predicted molar refractivity (Wildman–Crippen MR) is 121 cm³/mol. The van der Waals surface area contributed by atoms with Crippen LogP contribution in [-0.4, -0.2) is 50.6 Å². The molecule has 1 fully saturated rings. The number of carbonyl (C=O) groups excluding carboxylic acids is 2. The van der Waals surface area contributed by atoms with Crippen molar-refractivity contribution in [2.75, 3.05) is 33.9 Å². The van der Waals surface area contributed by atoms with Crippen molar-refractivity contribution in [1.29, 1.82) is 0 Å². The number of nitrogens with one attached hydrogen (secondary N) is 1. The summed E-state index contributed by atoms with van der Waals surface area (Å²) >= 11 is 0. The van der Waals surface area contributed by atoms with Crippen molar-refractivity contribution in [2.24, 2.45) is 11.8 Å². The summed E-state index contributed by atoms with van der Waals surface area (Å²) in [5, 5.41) is 3.05. The molecule has 6 nitrogen and oxygen atoms in total. The second-order valence-corrected chi connectivity index (χ2v) is 8.48. The van der Waals surface area contributed by atoms with Crippen LogP contribution >= 0.6 is 0 Å². The van der Waals surface area contributed by atoms with E-state index < -0.39 is 0 Å². The Morgan fingerprint density at radius 2 is 1.84 bits per heavy atom. The molecule has 0 aromatic heterocycles. The molecule has 31 heavy (non-hydrogen) atoms. The molecule has 0 unspecified atom stereocenters. The second-order valence-electron chi connectivity index (χ2n) is 8.48. The third-order valence-corrected chi connectivity index (χ3v) is 5.84. The summed E-state index contributed by atoms with van der Waals surface area (Å²) in [6, 6.07) is 13.2. The lowest BCUT2D eigenvalue weighted by atomic mass is 9.87. The monoisotopic (exact) mass is 424 g/mol. The Morgan fingerprint density at radius 1 is 1.10 bits per heavy atom. The molecule has 2 aromatic carbocycles. The highest BCUT2D eigenvalue weighted by Crippen LogP contribution is 2.39. The van der Waals surface area contributed by atoms with Gasteiger partial charge in [0, 0.05) is 42.7 Å². The molecule has 1 saturated heterocycles. The van der Waals surface area contributed by atoms with E-state index in [2.05, 4.69) is 19.2 Å². The van der Waals surface area contributed by atoms with Crippen molar-refractivity contribution in [1.82, 2.24) is 10.2 Å². The van der Waals surface area contributed by atoms with Gasteiger partial charge in [0.2, 0.25) is 5.91 Å². The number of nitrogens with zero attached hydrogens (tertiary/aromatic N) is 1. The average molecular weight is 425 g/mol. The Hall–Kier alpha value is -3.02. The van der Waals surface area contributed by atoms with Crippen molar-refractivity contribution < 1.29 is 19.1 Å². The van der Waals surface area contributed by atoms with Crippen LogP contribution < -0.4 is 14.8 Å². The van der Waals surface area contributed by atoms with Gasteiger partial charge in [-0.2, -0.15) is 0 Å². The topological polar surface area (TPSA) is 67.9 Å². The van der Waals surface area contributed by atoms with Gasteiger partial charge in [-0.15, -0.1) is 0 Å². The van der Waals surface area contributed by atoms with E-state index in [1.807, 2.05) is 49.4 Å². The largest absolute Gasteiger partial charge is 0.497 e. The van der Waals surface area contributed by atoms with Gasteiger partial charge >= 0.3 is 0 Å². The van der Waals surface area contributed by atoms with Crippen LogP contribution in [0.25, 0.3) is 0 Å². The summed E-state index contributed by atoms with van der Waals surface area (Å²) in [5.41, 5.74) is 2.51. The number of benzene rings is 2. The lowest BCUT2D eigenvalue weighted by molar-refractivity contribution is -0.125. The standard InChI is InChI=1S/C25H32N2O4/c1-16(2)13-26-24(28)22-15-27(25(29)19-9-7-6-8-17(19)3)14-21(22)20-11-10-18(30-4)12-23(20)31-5/h6-12,16,21-22H,13-15H2,1-5H3,(H,26,28)/t21-,22-/m1/s1. The molecular weight excluding hydrogens is 392 g/mol. The highest BCUT2D eigenvalue weighted by atomic mass is 16.5. The minimum absolute atomic E-state index is 0.0309. The first-order chi connectivity index (χ1) is 14.8. The maximum Gasteiger partial charge on any atom is 0.254 e. The Bertz CT molecular complexity index is 941. The number of likely N-dealkylation sites (tertiary alicyclic amines) is 1. The van der Waals surface area contributed by atoms with Crippen molar-refractivity contribution in [3.63, 3.8) is 0 Å². The van der Waals surface area contributed by atoms with Crippen LogP contribution in [0.15, 0.2) is 42.5 Å². The fraction of sp³-hybridized carbons (Fsp3) is 0.440. The zero-order chi connectivity index (χ0) is 22.5. The molecular formula is C25H32N2O4. The Morgan fingerprint density at radius 3 is 2.48 bits per heavy atom. The van der Waals surface area contributed by atoms with Gasteiger partial charge < -0.3 is 19.7 Å². The Balaban J connectivity index is 1.93. The molecule has 0 radical (unpaired) electrons. The van der Waals surface area contributed by atoms with Crippen molar-refractivity contribution >= 4 is 11.8 Å². The lowest BCUT2D eigenvalue weighted by Crippen LogP contribution is -2.37. The summed E-state index contributed by atoms with van der Waals surface area (Å²) < 4.78 is 10.9. The molecule has 3 rings (SSSR count). The number of aryl methyl sites for hydroxylation is 1. The van der Waals surface area contributed by atoms with E-state index in [-0.39, 0.29) is 23.7 Å². The maximum absolute atomic E-state index is 13.3. The molecule has 2 atom stereocenters.